The lowest BCUT2D eigenvalue weighted by atomic mass is 10.2. The van der Waals surface area contributed by atoms with Crippen LogP contribution < -0.4 is 10.6 Å². The number of hydrogen-bond acceptors (Lipinski definition) is 3. The van der Waals surface area contributed by atoms with Crippen molar-refractivity contribution in [2.24, 2.45) is 0 Å². The summed E-state index contributed by atoms with van der Waals surface area (Å²) in [5, 5.41) is 5.23. The molecule has 2 N–H and O–H groups in total. The van der Waals surface area contributed by atoms with Gasteiger partial charge in [0.2, 0.25) is 5.91 Å². The number of nitrogens with zero attached hydrogens (tertiary/aromatic N) is 2. The number of aryl methyl sites for hydroxylation is 1. The number of carbonyl (C=O) groups excluding carboxylic acids is 2. The number of benzene rings is 2. The summed E-state index contributed by atoms with van der Waals surface area (Å²) in [4.78, 5) is 28.3. The molecule has 7 heteroatoms. The summed E-state index contributed by atoms with van der Waals surface area (Å²) in [6.45, 7) is 2.74. The Morgan fingerprint density at radius 3 is 2.73 bits per heavy atom. The summed E-state index contributed by atoms with van der Waals surface area (Å²) in [5.74, 6) is -0.419. The number of hydrogen-bond donors (Lipinski definition) is 2. The van der Waals surface area contributed by atoms with Crippen molar-refractivity contribution in [3.05, 3.63) is 65.7 Å². The van der Waals surface area contributed by atoms with E-state index in [-0.39, 0.29) is 18.0 Å². The van der Waals surface area contributed by atoms with Crippen LogP contribution in [0.3, 0.4) is 0 Å². The standard InChI is InChI=1S/C19H19FN4O2/c1-13-23-16-7-2-3-8-17(16)24(13)10-9-21-18(25)12-22-19(26)14-5-4-6-15(20)11-14/h2-8,11H,9-10,12H2,1H3,(H,21,25)(H,22,26). The van der Waals surface area contributed by atoms with Gasteiger partial charge in [-0.3, -0.25) is 9.59 Å². The largest absolute Gasteiger partial charge is 0.353 e. The Kier molecular flexibility index (Phi) is 5.26. The smallest absolute Gasteiger partial charge is 0.251 e. The number of carbonyl (C=O) groups is 2. The fourth-order valence-corrected chi connectivity index (χ4v) is 2.74. The average molecular weight is 354 g/mol. The van der Waals surface area contributed by atoms with Gasteiger partial charge in [-0.2, -0.15) is 0 Å². The van der Waals surface area contributed by atoms with E-state index < -0.39 is 11.7 Å². The molecule has 0 unspecified atom stereocenters. The molecule has 0 bridgehead atoms. The average Bonchev–Trinajstić information content (AvgIpc) is 2.95. The second-order valence-electron chi connectivity index (χ2n) is 5.84. The maximum Gasteiger partial charge on any atom is 0.251 e. The zero-order valence-electron chi connectivity index (χ0n) is 14.3. The van der Waals surface area contributed by atoms with Gasteiger partial charge in [-0.25, -0.2) is 9.37 Å². The predicted molar refractivity (Wildman–Crippen MR) is 96.2 cm³/mol. The topological polar surface area (TPSA) is 76.0 Å². The quantitative estimate of drug-likeness (QED) is 0.711. The Morgan fingerprint density at radius 1 is 1.12 bits per heavy atom. The number of rotatable bonds is 6. The van der Waals surface area contributed by atoms with Crippen molar-refractivity contribution in [1.82, 2.24) is 20.2 Å². The number of amides is 2. The zero-order chi connectivity index (χ0) is 18.5. The molecule has 0 radical (unpaired) electrons. The minimum absolute atomic E-state index is 0.168. The van der Waals surface area contributed by atoms with Gasteiger partial charge in [0.05, 0.1) is 17.6 Å². The molecular weight excluding hydrogens is 335 g/mol. The molecule has 0 aliphatic rings. The Bertz CT molecular complexity index is 952. The van der Waals surface area contributed by atoms with Crippen LogP contribution in [0.15, 0.2) is 48.5 Å². The molecule has 6 nitrogen and oxygen atoms in total. The van der Waals surface area contributed by atoms with Crippen molar-refractivity contribution in [2.45, 2.75) is 13.5 Å². The summed E-state index contributed by atoms with van der Waals surface area (Å²) in [6.07, 6.45) is 0. The number of aromatic nitrogens is 2. The van der Waals surface area contributed by atoms with E-state index in [9.17, 15) is 14.0 Å². The normalized spacial score (nSPS) is 10.7. The van der Waals surface area contributed by atoms with Gasteiger partial charge in [-0.15, -0.1) is 0 Å². The van der Waals surface area contributed by atoms with E-state index in [2.05, 4.69) is 15.6 Å². The summed E-state index contributed by atoms with van der Waals surface area (Å²) in [6, 6.07) is 13.1. The number of para-hydroxylation sites is 2. The first-order valence-corrected chi connectivity index (χ1v) is 8.27. The molecule has 2 amide bonds. The minimum Gasteiger partial charge on any atom is -0.353 e. The van der Waals surface area contributed by atoms with Crippen LogP contribution in [0.25, 0.3) is 11.0 Å². The molecule has 134 valence electrons. The SMILES string of the molecule is Cc1nc2ccccc2n1CCNC(=O)CNC(=O)c1cccc(F)c1. The molecule has 0 aliphatic heterocycles. The lowest BCUT2D eigenvalue weighted by Gasteiger charge is -2.09. The molecule has 0 fully saturated rings. The first-order valence-electron chi connectivity index (χ1n) is 8.27. The second kappa shape index (κ2) is 7.77. The van der Waals surface area contributed by atoms with E-state index in [0.717, 1.165) is 22.9 Å². The van der Waals surface area contributed by atoms with Crippen LogP contribution in [0.1, 0.15) is 16.2 Å². The van der Waals surface area contributed by atoms with Crippen LogP contribution >= 0.6 is 0 Å². The molecule has 0 spiro atoms. The third-order valence-electron chi connectivity index (χ3n) is 4.00. The Labute approximate surface area is 150 Å². The fraction of sp³-hybridized carbons (Fsp3) is 0.211. The van der Waals surface area contributed by atoms with Gasteiger partial charge >= 0.3 is 0 Å². The van der Waals surface area contributed by atoms with Crippen LogP contribution in [0.2, 0.25) is 0 Å². The molecule has 1 heterocycles. The maximum absolute atomic E-state index is 13.1. The Hall–Kier alpha value is -3.22. The molecule has 0 aliphatic carbocycles. The van der Waals surface area contributed by atoms with Crippen molar-refractivity contribution < 1.29 is 14.0 Å². The summed E-state index contributed by atoms with van der Waals surface area (Å²) in [7, 11) is 0. The molecule has 3 rings (SSSR count). The van der Waals surface area contributed by atoms with Gasteiger partial charge in [-0.1, -0.05) is 18.2 Å². The van der Waals surface area contributed by atoms with Gasteiger partial charge in [0.15, 0.2) is 0 Å². The van der Waals surface area contributed by atoms with Crippen molar-refractivity contribution >= 4 is 22.8 Å². The number of nitrogens with one attached hydrogen (secondary N) is 2. The summed E-state index contributed by atoms with van der Waals surface area (Å²) < 4.78 is 15.1. The lowest BCUT2D eigenvalue weighted by Crippen LogP contribution is -2.38. The Morgan fingerprint density at radius 2 is 1.92 bits per heavy atom. The number of imidazole rings is 1. The lowest BCUT2D eigenvalue weighted by molar-refractivity contribution is -0.120. The van der Waals surface area contributed by atoms with E-state index in [0.29, 0.717) is 13.1 Å². The van der Waals surface area contributed by atoms with E-state index in [1.165, 1.54) is 18.2 Å². The maximum atomic E-state index is 13.1. The van der Waals surface area contributed by atoms with Crippen molar-refractivity contribution in [3.63, 3.8) is 0 Å². The van der Waals surface area contributed by atoms with Crippen LogP contribution in [-0.4, -0.2) is 34.5 Å². The zero-order valence-corrected chi connectivity index (χ0v) is 14.3. The number of halogens is 1. The van der Waals surface area contributed by atoms with Gasteiger partial charge in [0.25, 0.3) is 5.91 Å². The van der Waals surface area contributed by atoms with Crippen molar-refractivity contribution in [1.29, 1.82) is 0 Å². The molecule has 0 atom stereocenters. The van der Waals surface area contributed by atoms with Gasteiger partial charge in [-0.05, 0) is 37.3 Å². The van der Waals surface area contributed by atoms with E-state index >= 15 is 0 Å². The molecule has 26 heavy (non-hydrogen) atoms. The van der Waals surface area contributed by atoms with E-state index in [1.807, 2.05) is 35.8 Å². The third-order valence-corrected chi connectivity index (χ3v) is 4.00. The molecule has 0 saturated carbocycles. The van der Waals surface area contributed by atoms with E-state index in [4.69, 9.17) is 0 Å². The van der Waals surface area contributed by atoms with Crippen molar-refractivity contribution in [3.8, 4) is 0 Å². The molecule has 0 saturated heterocycles. The monoisotopic (exact) mass is 354 g/mol. The van der Waals surface area contributed by atoms with Crippen LogP contribution in [0.5, 0.6) is 0 Å². The summed E-state index contributed by atoms with van der Waals surface area (Å²) >= 11 is 0. The van der Waals surface area contributed by atoms with Crippen LogP contribution in [-0.2, 0) is 11.3 Å². The predicted octanol–water partition coefficient (Wildman–Crippen LogP) is 2.03. The summed E-state index contributed by atoms with van der Waals surface area (Å²) in [5.41, 5.74) is 2.11. The fourth-order valence-electron chi connectivity index (χ4n) is 2.74. The highest BCUT2D eigenvalue weighted by molar-refractivity contribution is 5.96. The highest BCUT2D eigenvalue weighted by Gasteiger charge is 2.10. The second-order valence-corrected chi connectivity index (χ2v) is 5.84. The highest BCUT2D eigenvalue weighted by Crippen LogP contribution is 2.14. The first kappa shape index (κ1) is 17.6. The Balaban J connectivity index is 1.48. The number of fused-ring (bicyclic) bond motifs is 1. The van der Waals surface area contributed by atoms with Crippen LogP contribution in [0, 0.1) is 12.7 Å². The first-order chi connectivity index (χ1) is 12.5. The highest BCUT2D eigenvalue weighted by atomic mass is 19.1. The third kappa shape index (κ3) is 4.05. The van der Waals surface area contributed by atoms with Gasteiger partial charge in [0, 0.05) is 18.7 Å². The molecule has 3 aromatic rings. The van der Waals surface area contributed by atoms with Gasteiger partial charge < -0.3 is 15.2 Å². The molecular formula is C19H19FN4O2. The molecule has 1 aromatic heterocycles. The van der Waals surface area contributed by atoms with Crippen LogP contribution in [0.4, 0.5) is 4.39 Å². The molecule has 2 aromatic carbocycles. The van der Waals surface area contributed by atoms with E-state index in [1.54, 1.807) is 0 Å². The minimum atomic E-state index is -0.495. The van der Waals surface area contributed by atoms with Crippen molar-refractivity contribution in [2.75, 3.05) is 13.1 Å². The van der Waals surface area contributed by atoms with Gasteiger partial charge in [0.1, 0.15) is 11.6 Å².